The van der Waals surface area contributed by atoms with Gasteiger partial charge in [-0.15, -0.1) is 11.3 Å². The molecule has 0 aliphatic rings. The Hall–Kier alpha value is -0.160. The molecule has 0 saturated heterocycles. The number of hydrogen-bond acceptors (Lipinski definition) is 2. The summed E-state index contributed by atoms with van der Waals surface area (Å²) in [6.07, 6.45) is 1.13. The maximum absolute atomic E-state index is 3.71. The van der Waals surface area contributed by atoms with Gasteiger partial charge in [-0.2, -0.15) is 0 Å². The molecule has 1 N–H and O–H groups in total. The normalized spacial score (nSPS) is 12.7. The highest BCUT2D eigenvalue weighted by Gasteiger charge is 2.20. The van der Waals surface area contributed by atoms with Crippen molar-refractivity contribution in [1.29, 1.82) is 0 Å². The van der Waals surface area contributed by atoms with Crippen LogP contribution < -0.4 is 5.32 Å². The van der Waals surface area contributed by atoms with E-state index in [0.29, 0.717) is 0 Å². The van der Waals surface area contributed by atoms with Crippen LogP contribution in [-0.2, 0) is 0 Å². The summed E-state index contributed by atoms with van der Waals surface area (Å²) in [5.74, 6) is 0. The third kappa shape index (κ3) is 3.53. The predicted octanol–water partition coefficient (Wildman–Crippen LogP) is 5.98. The van der Waals surface area contributed by atoms with Crippen LogP contribution in [-0.4, -0.2) is 6.54 Å². The molecule has 0 aliphatic heterocycles. The van der Waals surface area contributed by atoms with Gasteiger partial charge < -0.3 is 5.32 Å². The van der Waals surface area contributed by atoms with E-state index in [2.05, 4.69) is 82.2 Å². The van der Waals surface area contributed by atoms with Gasteiger partial charge in [0, 0.05) is 18.7 Å². The van der Waals surface area contributed by atoms with E-state index in [-0.39, 0.29) is 6.04 Å². The average Bonchev–Trinajstić information content (AvgIpc) is 2.74. The second-order valence-electron chi connectivity index (χ2n) is 4.91. The molecule has 20 heavy (non-hydrogen) atoms. The predicted molar refractivity (Wildman–Crippen MR) is 95.8 cm³/mol. The molecule has 1 aromatic heterocycles. The van der Waals surface area contributed by atoms with Crippen molar-refractivity contribution >= 4 is 43.2 Å². The van der Waals surface area contributed by atoms with Crippen LogP contribution in [0.4, 0.5) is 0 Å². The van der Waals surface area contributed by atoms with E-state index >= 15 is 0 Å². The topological polar surface area (TPSA) is 12.0 Å². The van der Waals surface area contributed by atoms with Gasteiger partial charge in [-0.05, 0) is 66.0 Å². The second-order valence-corrected chi connectivity index (χ2v) is 7.91. The number of rotatable bonds is 5. The van der Waals surface area contributed by atoms with Crippen molar-refractivity contribution in [1.82, 2.24) is 5.32 Å². The first kappa shape index (κ1) is 16.2. The van der Waals surface area contributed by atoms with Gasteiger partial charge in [-0.1, -0.05) is 35.0 Å². The van der Waals surface area contributed by atoms with Gasteiger partial charge in [0.1, 0.15) is 0 Å². The number of aryl methyl sites for hydroxylation is 1. The van der Waals surface area contributed by atoms with Crippen LogP contribution in [0.1, 0.15) is 40.3 Å². The molecule has 2 rings (SSSR count). The zero-order chi connectivity index (χ0) is 14.7. The minimum Gasteiger partial charge on any atom is -0.306 e. The fraction of sp³-hybridized carbons (Fsp3) is 0.375. The van der Waals surface area contributed by atoms with E-state index in [1.165, 1.54) is 29.8 Å². The van der Waals surface area contributed by atoms with Crippen molar-refractivity contribution in [2.75, 3.05) is 6.54 Å². The summed E-state index contributed by atoms with van der Waals surface area (Å²) in [7, 11) is 0. The molecule has 0 aliphatic carbocycles. The Kier molecular flexibility index (Phi) is 5.84. The molecule has 2 aromatic rings. The van der Waals surface area contributed by atoms with E-state index in [4.69, 9.17) is 0 Å². The molecule has 1 unspecified atom stereocenters. The molecule has 0 bridgehead atoms. The first-order chi connectivity index (χ1) is 9.54. The fourth-order valence-electron chi connectivity index (χ4n) is 2.27. The van der Waals surface area contributed by atoms with Crippen molar-refractivity contribution < 1.29 is 0 Å². The van der Waals surface area contributed by atoms with Gasteiger partial charge in [0.15, 0.2) is 0 Å². The summed E-state index contributed by atoms with van der Waals surface area (Å²) in [5.41, 5.74) is 2.65. The minimum absolute atomic E-state index is 0.250. The molecule has 1 nitrogen and oxygen atoms in total. The quantitative estimate of drug-likeness (QED) is 0.632. The third-order valence-electron chi connectivity index (χ3n) is 3.32. The van der Waals surface area contributed by atoms with Gasteiger partial charge in [0.25, 0.3) is 0 Å². The first-order valence-corrected chi connectivity index (χ1v) is 9.19. The molecule has 4 heteroatoms. The Labute approximate surface area is 142 Å². The van der Waals surface area contributed by atoms with Crippen LogP contribution in [0.25, 0.3) is 0 Å². The van der Waals surface area contributed by atoms with E-state index < -0.39 is 0 Å². The van der Waals surface area contributed by atoms with Crippen LogP contribution >= 0.6 is 43.2 Å². The van der Waals surface area contributed by atoms with Gasteiger partial charge in [0.05, 0.1) is 6.04 Å². The summed E-state index contributed by atoms with van der Waals surface area (Å²) in [6.45, 7) is 7.55. The lowest BCUT2D eigenvalue weighted by molar-refractivity contribution is 0.602. The number of nitrogens with one attached hydrogen (secondary N) is 1. The highest BCUT2D eigenvalue weighted by molar-refractivity contribution is 9.10. The van der Waals surface area contributed by atoms with Crippen LogP contribution in [0.2, 0.25) is 0 Å². The van der Waals surface area contributed by atoms with E-state index in [1.807, 2.05) is 11.3 Å². The Morgan fingerprint density at radius 1 is 1.20 bits per heavy atom. The second kappa shape index (κ2) is 7.21. The third-order valence-corrected chi connectivity index (χ3v) is 6.21. The highest BCUT2D eigenvalue weighted by atomic mass is 79.9. The van der Waals surface area contributed by atoms with Gasteiger partial charge in [0.2, 0.25) is 0 Å². The molecule has 0 saturated carbocycles. The standard InChI is InChI=1S/C16H19Br2NS/c1-4-8-19-15(16-14(18)9-10(2)20-16)12-6-5-7-13(17)11(12)3/h5-7,9,15,19H,4,8H2,1-3H3. The summed E-state index contributed by atoms with van der Waals surface area (Å²) in [5, 5.41) is 3.68. The maximum Gasteiger partial charge on any atom is 0.0685 e. The van der Waals surface area contributed by atoms with Crippen molar-refractivity contribution in [2.24, 2.45) is 0 Å². The number of halogens is 2. The number of hydrogen-bond donors (Lipinski definition) is 1. The van der Waals surface area contributed by atoms with Crippen molar-refractivity contribution in [3.63, 3.8) is 0 Å². The summed E-state index contributed by atoms with van der Waals surface area (Å²) < 4.78 is 2.37. The lowest BCUT2D eigenvalue weighted by Crippen LogP contribution is -2.23. The lowest BCUT2D eigenvalue weighted by atomic mass is 10.00. The molecule has 0 radical (unpaired) electrons. The molecule has 0 amide bonds. The van der Waals surface area contributed by atoms with E-state index in [9.17, 15) is 0 Å². The molecule has 0 spiro atoms. The molecule has 1 atom stereocenters. The number of benzene rings is 1. The molecule has 1 heterocycles. The molecular weight excluding hydrogens is 398 g/mol. The average molecular weight is 417 g/mol. The Morgan fingerprint density at radius 2 is 1.95 bits per heavy atom. The monoisotopic (exact) mass is 415 g/mol. The zero-order valence-electron chi connectivity index (χ0n) is 12.0. The Balaban J connectivity index is 2.47. The van der Waals surface area contributed by atoms with Crippen molar-refractivity contribution in [2.45, 2.75) is 33.2 Å². The first-order valence-electron chi connectivity index (χ1n) is 6.78. The lowest BCUT2D eigenvalue weighted by Gasteiger charge is -2.21. The highest BCUT2D eigenvalue weighted by Crippen LogP contribution is 2.37. The van der Waals surface area contributed by atoms with Crippen LogP contribution in [0, 0.1) is 13.8 Å². The van der Waals surface area contributed by atoms with Gasteiger partial charge in [-0.25, -0.2) is 0 Å². The van der Waals surface area contributed by atoms with Crippen molar-refractivity contribution in [3.05, 3.63) is 54.1 Å². The van der Waals surface area contributed by atoms with Gasteiger partial charge >= 0.3 is 0 Å². The largest absolute Gasteiger partial charge is 0.306 e. The van der Waals surface area contributed by atoms with Crippen LogP contribution in [0.3, 0.4) is 0 Å². The molecule has 108 valence electrons. The summed E-state index contributed by atoms with van der Waals surface area (Å²) in [6, 6.07) is 8.88. The maximum atomic E-state index is 3.71. The van der Waals surface area contributed by atoms with E-state index in [0.717, 1.165) is 13.0 Å². The van der Waals surface area contributed by atoms with Crippen molar-refractivity contribution in [3.8, 4) is 0 Å². The minimum atomic E-state index is 0.250. The van der Waals surface area contributed by atoms with Crippen LogP contribution in [0.15, 0.2) is 33.2 Å². The Morgan fingerprint density at radius 3 is 2.55 bits per heavy atom. The smallest absolute Gasteiger partial charge is 0.0685 e. The number of thiophene rings is 1. The Bertz CT molecular complexity index is 592. The van der Waals surface area contributed by atoms with Gasteiger partial charge in [-0.3, -0.25) is 0 Å². The fourth-order valence-corrected chi connectivity index (χ4v) is 4.62. The summed E-state index contributed by atoms with van der Waals surface area (Å²) in [4.78, 5) is 2.69. The van der Waals surface area contributed by atoms with E-state index in [1.54, 1.807) is 0 Å². The molecule has 0 fully saturated rings. The SMILES string of the molecule is CCCNC(c1cccc(Br)c1C)c1sc(C)cc1Br. The zero-order valence-corrected chi connectivity index (χ0v) is 16.0. The molecular formula is C16H19Br2NS. The van der Waals surface area contributed by atoms with Crippen LogP contribution in [0.5, 0.6) is 0 Å². The molecule has 1 aromatic carbocycles. The summed E-state index contributed by atoms with van der Waals surface area (Å²) >= 11 is 9.21.